The van der Waals surface area contributed by atoms with E-state index in [2.05, 4.69) is 51.8 Å². The molecule has 0 spiro atoms. The molecular weight excluding hydrogens is 1050 g/mol. The van der Waals surface area contributed by atoms with E-state index in [9.17, 15) is 43.2 Å². The SMILES string of the molecule is C=C(C)C(=O)OC1(C2CCCCC2)CCOC1.C=C(C)C(=O)OCC(=O)OC1(C)CCOC1.C=C(C)C(=O)OCC(=O)OC1(C)CCOC1.C=CC(=O)OCC(=O)OC1(C)CCOC1.C=CC(=O)OCC(=O)OC1(CC)CCOC1. The lowest BCUT2D eigenvalue weighted by Gasteiger charge is -2.38. The van der Waals surface area contributed by atoms with Crippen molar-refractivity contribution >= 4 is 53.7 Å². The van der Waals surface area contributed by atoms with Gasteiger partial charge in [-0.05, 0) is 60.8 Å². The van der Waals surface area contributed by atoms with Gasteiger partial charge in [0.05, 0.1) is 66.1 Å². The Balaban J connectivity index is 0.000000342. The van der Waals surface area contributed by atoms with Gasteiger partial charge in [-0.1, -0.05) is 59.1 Å². The third-order valence-corrected chi connectivity index (χ3v) is 13.0. The van der Waals surface area contributed by atoms with Crippen LogP contribution in [0.3, 0.4) is 0 Å². The Morgan fingerprint density at radius 2 is 0.800 bits per heavy atom. The maximum Gasteiger partial charge on any atom is 0.344 e. The van der Waals surface area contributed by atoms with Crippen LogP contribution in [0, 0.1) is 5.92 Å². The molecule has 6 fully saturated rings. The van der Waals surface area contributed by atoms with Crippen molar-refractivity contribution in [1.82, 2.24) is 0 Å². The van der Waals surface area contributed by atoms with Crippen molar-refractivity contribution in [2.75, 3.05) is 92.5 Å². The van der Waals surface area contributed by atoms with Crippen LogP contribution in [0.5, 0.6) is 0 Å². The van der Waals surface area contributed by atoms with Crippen molar-refractivity contribution in [3.63, 3.8) is 0 Å². The van der Waals surface area contributed by atoms with E-state index in [1.807, 2.05) is 6.92 Å². The van der Waals surface area contributed by atoms with E-state index >= 15 is 0 Å². The molecule has 0 radical (unpaired) electrons. The molecule has 5 atom stereocenters. The molecule has 0 amide bonds. The molecule has 6 aliphatic rings. The number of hydrogen-bond donors (Lipinski definition) is 0. The van der Waals surface area contributed by atoms with Crippen LogP contribution >= 0.6 is 0 Å². The van der Waals surface area contributed by atoms with Crippen LogP contribution in [0.15, 0.2) is 61.8 Å². The molecule has 5 heterocycles. The van der Waals surface area contributed by atoms with Crippen LogP contribution in [-0.4, -0.2) is 174 Å². The van der Waals surface area contributed by atoms with Crippen molar-refractivity contribution in [2.45, 2.75) is 147 Å². The summed E-state index contributed by atoms with van der Waals surface area (Å²) in [5, 5.41) is 0. The summed E-state index contributed by atoms with van der Waals surface area (Å²) < 4.78 is 70.9. The van der Waals surface area contributed by atoms with Gasteiger partial charge < -0.3 is 66.3 Å². The summed E-state index contributed by atoms with van der Waals surface area (Å²) in [5.41, 5.74) is -1.69. The highest BCUT2D eigenvalue weighted by atomic mass is 16.6. The average Bonchev–Trinajstić information content (AvgIpc) is 4.31. The third kappa shape index (κ3) is 26.3. The zero-order chi connectivity index (χ0) is 60.0. The van der Waals surface area contributed by atoms with Gasteiger partial charge >= 0.3 is 53.7 Å². The first-order chi connectivity index (χ1) is 37.7. The molecule has 5 unspecified atom stereocenters. The second kappa shape index (κ2) is 34.8. The maximum absolute atomic E-state index is 11.8. The molecule has 0 aromatic rings. The fourth-order valence-electron chi connectivity index (χ4n) is 8.21. The monoisotopic (exact) mass is 1140 g/mol. The van der Waals surface area contributed by atoms with Crippen LogP contribution < -0.4 is 0 Å². The molecule has 0 aromatic carbocycles. The van der Waals surface area contributed by atoms with Crippen LogP contribution in [0.25, 0.3) is 0 Å². The highest BCUT2D eigenvalue weighted by molar-refractivity contribution is 5.89. The fraction of sp³-hybridized carbons (Fsp3) is 0.667. The standard InChI is InChI=1S/C14H22O3.3C11H16O5.C10H14O5/c1-11(2)13(15)17-14(8-9-16-10-14)12-6-4-3-5-7-12;2*1-8(2)10(13)15-6-9(12)16-11(3)4-5-14-7-11;1-3-9(12)15-7-10(13)16-11(4-2)5-6-14-8-11;1-3-8(11)14-6-9(12)15-10(2)4-5-13-7-10/h12H,1,3-10H2,2H3;2*1,4-7H2,2-3H3;3H,1,4-8H2,2H3;3H,1,4-7H2,2H3. The summed E-state index contributed by atoms with van der Waals surface area (Å²) in [6.07, 6.45) is 12.3. The first-order valence-corrected chi connectivity index (χ1v) is 26.6. The zero-order valence-corrected chi connectivity index (χ0v) is 47.8. The van der Waals surface area contributed by atoms with E-state index in [1.54, 1.807) is 27.7 Å². The van der Waals surface area contributed by atoms with E-state index in [0.29, 0.717) is 110 Å². The smallest absolute Gasteiger partial charge is 0.344 e. The van der Waals surface area contributed by atoms with Gasteiger partial charge in [-0.3, -0.25) is 0 Å². The number of carbonyl (C=O) groups is 9. The average molecular weight is 1140 g/mol. The van der Waals surface area contributed by atoms with Crippen LogP contribution in [0.1, 0.15) is 119 Å². The van der Waals surface area contributed by atoms with Gasteiger partial charge in [0.25, 0.3) is 0 Å². The molecule has 80 heavy (non-hydrogen) atoms. The Hall–Kier alpha value is -6.27. The second-order valence-corrected chi connectivity index (χ2v) is 20.7. The predicted octanol–water partition coefficient (Wildman–Crippen LogP) is 5.77. The molecule has 6 rings (SSSR count). The van der Waals surface area contributed by atoms with Gasteiger partial charge in [0.1, 0.15) is 28.0 Å². The summed E-state index contributed by atoms with van der Waals surface area (Å²) in [4.78, 5) is 101. The molecular formula is C57H84O23. The number of ether oxygens (including phenoxy) is 14. The van der Waals surface area contributed by atoms with Crippen LogP contribution in [0.4, 0.5) is 0 Å². The Bertz CT molecular complexity index is 2080. The lowest BCUT2D eigenvalue weighted by molar-refractivity contribution is -0.169. The zero-order valence-electron chi connectivity index (χ0n) is 47.8. The van der Waals surface area contributed by atoms with Gasteiger partial charge in [0.15, 0.2) is 26.4 Å². The Kier molecular flexibility index (Phi) is 30.4. The summed E-state index contributed by atoms with van der Waals surface area (Å²) in [6.45, 7) is 32.5. The first-order valence-electron chi connectivity index (χ1n) is 26.6. The molecule has 5 aliphatic heterocycles. The van der Waals surface area contributed by atoms with Gasteiger partial charge in [-0.15, -0.1) is 0 Å². The number of hydrogen-bond acceptors (Lipinski definition) is 23. The molecule has 23 nitrogen and oxygen atoms in total. The minimum Gasteiger partial charge on any atom is -0.454 e. The highest BCUT2D eigenvalue weighted by Gasteiger charge is 2.46. The van der Waals surface area contributed by atoms with E-state index in [1.165, 1.54) is 33.1 Å². The predicted molar refractivity (Wildman–Crippen MR) is 284 cm³/mol. The summed E-state index contributed by atoms with van der Waals surface area (Å²) in [7, 11) is 0. The van der Waals surface area contributed by atoms with Gasteiger partial charge in [-0.2, -0.15) is 0 Å². The Morgan fingerprint density at radius 1 is 0.450 bits per heavy atom. The minimum atomic E-state index is -0.639. The summed E-state index contributed by atoms with van der Waals surface area (Å²) in [6, 6.07) is 0. The van der Waals surface area contributed by atoms with Crippen molar-refractivity contribution in [3.8, 4) is 0 Å². The first kappa shape index (κ1) is 69.8. The molecule has 1 aliphatic carbocycles. The topological polar surface area (TPSA) is 283 Å². The fourth-order valence-corrected chi connectivity index (χ4v) is 8.21. The van der Waals surface area contributed by atoms with Crippen molar-refractivity contribution in [3.05, 3.63) is 61.8 Å². The maximum atomic E-state index is 11.8. The van der Waals surface area contributed by atoms with Gasteiger partial charge in [0.2, 0.25) is 0 Å². The molecule has 0 aromatic heterocycles. The Labute approximate surface area is 469 Å². The van der Waals surface area contributed by atoms with E-state index in [4.69, 9.17) is 47.4 Å². The number of esters is 9. The molecule has 0 N–H and O–H groups in total. The minimum absolute atomic E-state index is 0.253. The van der Waals surface area contributed by atoms with Crippen molar-refractivity contribution in [1.29, 1.82) is 0 Å². The normalized spacial score (nSPS) is 25.3. The molecule has 5 saturated heterocycles. The summed E-state index contributed by atoms with van der Waals surface area (Å²) >= 11 is 0. The number of rotatable bonds is 20. The highest BCUT2D eigenvalue weighted by Crippen LogP contribution is 2.41. The molecule has 23 heteroatoms. The summed E-state index contributed by atoms with van der Waals surface area (Å²) in [5.74, 6) is -4.51. The largest absolute Gasteiger partial charge is 0.454 e. The van der Waals surface area contributed by atoms with E-state index < -0.39 is 70.2 Å². The van der Waals surface area contributed by atoms with Gasteiger partial charge in [-0.25, -0.2) is 43.2 Å². The second-order valence-electron chi connectivity index (χ2n) is 20.7. The number of carbonyl (C=O) groups excluding carboxylic acids is 9. The van der Waals surface area contributed by atoms with Gasteiger partial charge in [0, 0.05) is 66.9 Å². The lowest BCUT2D eigenvalue weighted by atomic mass is 9.76. The van der Waals surface area contributed by atoms with E-state index in [0.717, 1.165) is 31.4 Å². The van der Waals surface area contributed by atoms with Crippen molar-refractivity contribution < 1.29 is 109 Å². The molecule has 1 saturated carbocycles. The van der Waals surface area contributed by atoms with Crippen molar-refractivity contribution in [2.24, 2.45) is 5.92 Å². The van der Waals surface area contributed by atoms with Crippen LogP contribution in [0.2, 0.25) is 0 Å². The molecule has 0 bridgehead atoms. The van der Waals surface area contributed by atoms with Crippen LogP contribution in [-0.2, 0) is 109 Å². The quantitative estimate of drug-likeness (QED) is 0.0794. The lowest BCUT2D eigenvalue weighted by Crippen LogP contribution is -2.44. The molecule has 450 valence electrons. The van der Waals surface area contributed by atoms with E-state index in [-0.39, 0.29) is 49.1 Å². The third-order valence-electron chi connectivity index (χ3n) is 13.0. The Morgan fingerprint density at radius 3 is 1.11 bits per heavy atom.